The van der Waals surface area contributed by atoms with Crippen LogP contribution in [0.4, 0.5) is 5.69 Å². The molecule has 1 N–H and O–H groups in total. The van der Waals surface area contributed by atoms with Crippen molar-refractivity contribution >= 4 is 39.3 Å². The number of thioether (sulfide) groups is 1. The lowest BCUT2D eigenvalue weighted by Gasteiger charge is -2.07. The molecule has 2 aromatic carbocycles. The smallest absolute Gasteiger partial charge is 0.234 e. The first-order chi connectivity index (χ1) is 9.15. The Morgan fingerprint density at radius 2 is 1.95 bits per heavy atom. The zero-order valence-electron chi connectivity index (χ0n) is 10.5. The summed E-state index contributed by atoms with van der Waals surface area (Å²) in [7, 11) is 0. The zero-order valence-corrected chi connectivity index (χ0v) is 12.9. The maximum atomic E-state index is 11.8. The lowest BCUT2D eigenvalue weighted by Crippen LogP contribution is -2.13. The number of rotatable bonds is 4. The van der Waals surface area contributed by atoms with E-state index in [4.69, 9.17) is 0 Å². The molecule has 0 atom stereocenters. The van der Waals surface area contributed by atoms with E-state index in [0.717, 1.165) is 20.6 Å². The van der Waals surface area contributed by atoms with Gasteiger partial charge in [0.2, 0.25) is 5.91 Å². The number of hydrogen-bond donors (Lipinski definition) is 1. The highest BCUT2D eigenvalue weighted by atomic mass is 79.9. The molecular formula is C15H14BrNOS. The molecule has 0 aliphatic rings. The number of anilines is 1. The van der Waals surface area contributed by atoms with Crippen LogP contribution in [0.3, 0.4) is 0 Å². The Balaban J connectivity index is 1.89. The zero-order chi connectivity index (χ0) is 13.7. The van der Waals surface area contributed by atoms with Crippen molar-refractivity contribution in [3.05, 3.63) is 58.6 Å². The number of hydrogen-bond acceptors (Lipinski definition) is 2. The number of carbonyl (C=O) groups is 1. The van der Waals surface area contributed by atoms with Gasteiger partial charge >= 0.3 is 0 Å². The fourth-order valence-electron chi connectivity index (χ4n) is 1.53. The minimum atomic E-state index is 0.00426. The summed E-state index contributed by atoms with van der Waals surface area (Å²) >= 11 is 4.99. The molecule has 1 amide bonds. The lowest BCUT2D eigenvalue weighted by molar-refractivity contribution is -0.113. The molecule has 98 valence electrons. The molecule has 4 heteroatoms. The van der Waals surface area contributed by atoms with Gasteiger partial charge in [0.25, 0.3) is 0 Å². The summed E-state index contributed by atoms with van der Waals surface area (Å²) < 4.78 is 1.00. The Morgan fingerprint density at radius 1 is 1.21 bits per heavy atom. The molecule has 0 unspecified atom stereocenters. The van der Waals surface area contributed by atoms with Crippen LogP contribution in [0.1, 0.15) is 5.56 Å². The first-order valence-electron chi connectivity index (χ1n) is 5.89. The van der Waals surface area contributed by atoms with Gasteiger partial charge in [-0.1, -0.05) is 40.2 Å². The van der Waals surface area contributed by atoms with Gasteiger partial charge in [-0.15, -0.1) is 11.8 Å². The predicted octanol–water partition coefficient (Wildman–Crippen LogP) is 4.49. The molecule has 0 saturated heterocycles. The minimum absolute atomic E-state index is 0.00426. The fraction of sp³-hybridized carbons (Fsp3) is 0.133. The SMILES string of the molecule is Cc1ccc(NC(=O)CSc2ccccc2)cc1Br. The predicted molar refractivity (Wildman–Crippen MR) is 84.7 cm³/mol. The highest BCUT2D eigenvalue weighted by Gasteiger charge is 2.04. The fourth-order valence-corrected chi connectivity index (χ4v) is 2.63. The number of halogens is 1. The van der Waals surface area contributed by atoms with Gasteiger partial charge in [0.05, 0.1) is 5.75 Å². The summed E-state index contributed by atoms with van der Waals surface area (Å²) in [5.41, 5.74) is 1.97. The monoisotopic (exact) mass is 335 g/mol. The van der Waals surface area contributed by atoms with Crippen LogP contribution in [0.25, 0.3) is 0 Å². The van der Waals surface area contributed by atoms with Crippen LogP contribution in [0.2, 0.25) is 0 Å². The quantitative estimate of drug-likeness (QED) is 0.834. The first kappa shape index (κ1) is 14.2. The van der Waals surface area contributed by atoms with Crippen molar-refractivity contribution in [3.8, 4) is 0 Å². The van der Waals surface area contributed by atoms with Crippen molar-refractivity contribution in [2.24, 2.45) is 0 Å². The van der Waals surface area contributed by atoms with Crippen molar-refractivity contribution in [1.29, 1.82) is 0 Å². The van der Waals surface area contributed by atoms with Gasteiger partial charge in [-0.25, -0.2) is 0 Å². The van der Waals surface area contributed by atoms with Gasteiger partial charge < -0.3 is 5.32 Å². The summed E-state index contributed by atoms with van der Waals surface area (Å²) in [6.07, 6.45) is 0. The molecule has 0 saturated carbocycles. The molecule has 0 heterocycles. The topological polar surface area (TPSA) is 29.1 Å². The second-order valence-corrected chi connectivity index (χ2v) is 6.02. The van der Waals surface area contributed by atoms with Gasteiger partial charge in [0.15, 0.2) is 0 Å². The summed E-state index contributed by atoms with van der Waals surface area (Å²) in [6.45, 7) is 2.01. The van der Waals surface area contributed by atoms with Crippen molar-refractivity contribution < 1.29 is 4.79 Å². The largest absolute Gasteiger partial charge is 0.325 e. The van der Waals surface area contributed by atoms with Crippen LogP contribution in [-0.2, 0) is 4.79 Å². The van der Waals surface area contributed by atoms with E-state index >= 15 is 0 Å². The van der Waals surface area contributed by atoms with Gasteiger partial charge in [-0.2, -0.15) is 0 Å². The van der Waals surface area contributed by atoms with Crippen LogP contribution in [0.5, 0.6) is 0 Å². The number of amides is 1. The Kier molecular flexibility index (Phi) is 5.05. The van der Waals surface area contributed by atoms with E-state index in [1.165, 1.54) is 11.8 Å². The molecule has 0 radical (unpaired) electrons. The molecule has 19 heavy (non-hydrogen) atoms. The van der Waals surface area contributed by atoms with Crippen LogP contribution in [-0.4, -0.2) is 11.7 Å². The molecule has 2 aromatic rings. The lowest BCUT2D eigenvalue weighted by atomic mass is 10.2. The van der Waals surface area contributed by atoms with Crippen LogP contribution < -0.4 is 5.32 Å². The Morgan fingerprint density at radius 3 is 2.63 bits per heavy atom. The maximum absolute atomic E-state index is 11.8. The van der Waals surface area contributed by atoms with Crippen LogP contribution in [0.15, 0.2) is 57.9 Å². The number of aryl methyl sites for hydroxylation is 1. The average molecular weight is 336 g/mol. The molecule has 0 fully saturated rings. The Labute approximate surface area is 125 Å². The van der Waals surface area contributed by atoms with E-state index in [1.54, 1.807) is 0 Å². The van der Waals surface area contributed by atoms with Gasteiger partial charge in [0, 0.05) is 15.1 Å². The van der Waals surface area contributed by atoms with E-state index in [-0.39, 0.29) is 5.91 Å². The molecule has 0 aliphatic carbocycles. The summed E-state index contributed by atoms with van der Waals surface area (Å²) in [5, 5.41) is 2.89. The van der Waals surface area contributed by atoms with E-state index in [9.17, 15) is 4.79 Å². The van der Waals surface area contributed by atoms with Crippen molar-refractivity contribution in [1.82, 2.24) is 0 Å². The summed E-state index contributed by atoms with van der Waals surface area (Å²) in [4.78, 5) is 12.9. The number of nitrogens with one attached hydrogen (secondary N) is 1. The minimum Gasteiger partial charge on any atom is -0.325 e. The molecular weight excluding hydrogens is 322 g/mol. The number of carbonyl (C=O) groups excluding carboxylic acids is 1. The maximum Gasteiger partial charge on any atom is 0.234 e. The normalized spacial score (nSPS) is 10.2. The van der Waals surface area contributed by atoms with Crippen molar-refractivity contribution in [2.45, 2.75) is 11.8 Å². The molecule has 0 bridgehead atoms. The van der Waals surface area contributed by atoms with E-state index in [2.05, 4.69) is 21.2 Å². The molecule has 0 aliphatic heterocycles. The standard InChI is InChI=1S/C15H14BrNOS/c1-11-7-8-12(9-14(11)16)17-15(18)10-19-13-5-3-2-4-6-13/h2-9H,10H2,1H3,(H,17,18). The third kappa shape index (κ3) is 4.40. The number of benzene rings is 2. The third-order valence-electron chi connectivity index (χ3n) is 2.57. The molecule has 2 rings (SSSR count). The summed E-state index contributed by atoms with van der Waals surface area (Å²) in [6, 6.07) is 15.7. The second-order valence-electron chi connectivity index (χ2n) is 4.11. The molecule has 0 aromatic heterocycles. The molecule has 0 spiro atoms. The van der Waals surface area contributed by atoms with Gasteiger partial charge in [-0.05, 0) is 36.8 Å². The highest BCUT2D eigenvalue weighted by Crippen LogP contribution is 2.21. The Hall–Kier alpha value is -1.26. The average Bonchev–Trinajstić information content (AvgIpc) is 2.42. The van der Waals surface area contributed by atoms with Crippen LogP contribution in [0, 0.1) is 6.92 Å². The Bertz CT molecular complexity index is 572. The van der Waals surface area contributed by atoms with Gasteiger partial charge in [0.1, 0.15) is 0 Å². The first-order valence-corrected chi connectivity index (χ1v) is 7.67. The van der Waals surface area contributed by atoms with Crippen molar-refractivity contribution in [3.63, 3.8) is 0 Å². The van der Waals surface area contributed by atoms with E-state index in [1.807, 2.05) is 55.5 Å². The van der Waals surface area contributed by atoms with E-state index in [0.29, 0.717) is 5.75 Å². The van der Waals surface area contributed by atoms with E-state index < -0.39 is 0 Å². The van der Waals surface area contributed by atoms with Gasteiger partial charge in [-0.3, -0.25) is 4.79 Å². The van der Waals surface area contributed by atoms with Crippen molar-refractivity contribution in [2.75, 3.05) is 11.1 Å². The molecule has 2 nitrogen and oxygen atoms in total. The third-order valence-corrected chi connectivity index (χ3v) is 4.44. The summed E-state index contributed by atoms with van der Waals surface area (Å²) in [5.74, 6) is 0.416. The second kappa shape index (κ2) is 6.78. The highest BCUT2D eigenvalue weighted by molar-refractivity contribution is 9.10. The van der Waals surface area contributed by atoms with Crippen LogP contribution >= 0.6 is 27.7 Å².